The molecule has 1 aliphatic rings. The Morgan fingerprint density at radius 2 is 1.81 bits per heavy atom. The fourth-order valence-corrected chi connectivity index (χ4v) is 6.38. The van der Waals surface area contributed by atoms with Crippen LogP contribution in [0.4, 0.5) is 17.6 Å². The summed E-state index contributed by atoms with van der Waals surface area (Å²) in [6, 6.07) is 6.71. The molecule has 2 unspecified atom stereocenters. The van der Waals surface area contributed by atoms with Crippen molar-refractivity contribution >= 4 is 23.5 Å². The first kappa shape index (κ1) is 40.6. The van der Waals surface area contributed by atoms with Gasteiger partial charge in [-0.05, 0) is 97.6 Å². The molecule has 14 heteroatoms. The van der Waals surface area contributed by atoms with Gasteiger partial charge in [-0.15, -0.1) is 0 Å². The van der Waals surface area contributed by atoms with Gasteiger partial charge in [-0.3, -0.25) is 14.5 Å². The molecule has 282 valence electrons. The van der Waals surface area contributed by atoms with Gasteiger partial charge in [0.05, 0.1) is 25.7 Å². The van der Waals surface area contributed by atoms with Gasteiger partial charge in [-0.2, -0.15) is 0 Å². The van der Waals surface area contributed by atoms with Crippen LogP contribution >= 0.6 is 11.6 Å². The van der Waals surface area contributed by atoms with Crippen LogP contribution in [-0.4, -0.2) is 72.9 Å². The molecule has 0 aromatic heterocycles. The van der Waals surface area contributed by atoms with Crippen LogP contribution in [0, 0.1) is 25.5 Å². The Balaban J connectivity index is 1.77. The number of carbonyl (C=O) groups is 2. The Morgan fingerprint density at radius 3 is 2.44 bits per heavy atom. The number of ether oxygens (including phenoxy) is 2. The summed E-state index contributed by atoms with van der Waals surface area (Å²) in [4.78, 5) is 29.0. The second-order valence-corrected chi connectivity index (χ2v) is 13.2. The zero-order valence-electron chi connectivity index (χ0n) is 29.4. The number of benzene rings is 3. The molecule has 1 aliphatic heterocycles. The molecule has 3 atom stereocenters. The van der Waals surface area contributed by atoms with E-state index in [1.54, 1.807) is 19.9 Å². The summed E-state index contributed by atoms with van der Waals surface area (Å²) in [7, 11) is 1.19. The van der Waals surface area contributed by atoms with Crippen molar-refractivity contribution in [2.75, 3.05) is 33.4 Å². The molecule has 52 heavy (non-hydrogen) atoms. The van der Waals surface area contributed by atoms with E-state index < -0.39 is 61.2 Å². The maximum absolute atomic E-state index is 16.0. The van der Waals surface area contributed by atoms with Gasteiger partial charge in [0.25, 0.3) is 0 Å². The predicted octanol–water partition coefficient (Wildman–Crippen LogP) is 6.80. The maximum atomic E-state index is 16.0. The third-order valence-electron chi connectivity index (χ3n) is 8.83. The Kier molecular flexibility index (Phi) is 14.5. The quantitative estimate of drug-likeness (QED) is 0.0879. The molecule has 0 bridgehead atoms. The first-order valence-corrected chi connectivity index (χ1v) is 17.2. The second-order valence-electron chi connectivity index (χ2n) is 12.8. The Bertz CT molecular complexity index is 1750. The van der Waals surface area contributed by atoms with Gasteiger partial charge in [-0.25, -0.2) is 17.6 Å². The minimum Gasteiger partial charge on any atom is -0.507 e. The summed E-state index contributed by atoms with van der Waals surface area (Å²) in [6.45, 7) is 5.22. The first-order chi connectivity index (χ1) is 24.7. The standard InChI is InChI=1S/C38H44ClF4N3O6/c1-5-52-34(49)16-31(29-14-25(10-22(3)36(29)43)35-21(2)11-26(39)15-32(35)48)45-38(50)37(28-12-24(20-47)6-7-30(28)41)44-17-23(13-33(42)51-4)8-9-46-18-27(40)19-46/h6-7,10-12,14-15,17,27,31,33,37,44,47-48H,5,8-9,13,16,18-20H2,1-4H3,(H,45,50)/b23-17-/t31-,33?,37?/m0/s1. The molecule has 4 rings (SSSR count). The second kappa shape index (κ2) is 18.5. The lowest BCUT2D eigenvalue weighted by Crippen LogP contribution is -2.48. The van der Waals surface area contributed by atoms with E-state index in [0.29, 0.717) is 28.8 Å². The van der Waals surface area contributed by atoms with Crippen LogP contribution < -0.4 is 10.6 Å². The lowest BCUT2D eigenvalue weighted by Gasteiger charge is -2.34. The zero-order valence-corrected chi connectivity index (χ0v) is 30.2. The summed E-state index contributed by atoms with van der Waals surface area (Å²) in [6.07, 6.45) is -1.71. The van der Waals surface area contributed by atoms with Crippen LogP contribution in [0.3, 0.4) is 0 Å². The smallest absolute Gasteiger partial charge is 0.308 e. The topological polar surface area (TPSA) is 120 Å². The summed E-state index contributed by atoms with van der Waals surface area (Å²) in [5.41, 5.74) is 1.92. The summed E-state index contributed by atoms with van der Waals surface area (Å²) >= 11 is 6.12. The van der Waals surface area contributed by atoms with Crippen molar-refractivity contribution in [3.8, 4) is 16.9 Å². The number of hydrogen-bond donors (Lipinski definition) is 4. The number of esters is 1. The number of likely N-dealkylation sites (tertiary alicyclic amines) is 1. The molecule has 0 aliphatic carbocycles. The maximum Gasteiger partial charge on any atom is 0.308 e. The van der Waals surface area contributed by atoms with Gasteiger partial charge in [0.1, 0.15) is 29.6 Å². The Labute approximate surface area is 305 Å². The number of aryl methyl sites for hydroxylation is 2. The average molecular weight is 750 g/mol. The van der Waals surface area contributed by atoms with E-state index in [4.69, 9.17) is 21.1 Å². The van der Waals surface area contributed by atoms with Crippen LogP contribution in [0.5, 0.6) is 5.75 Å². The lowest BCUT2D eigenvalue weighted by atomic mass is 9.92. The van der Waals surface area contributed by atoms with E-state index in [1.807, 2.05) is 4.90 Å². The number of alkyl halides is 2. The van der Waals surface area contributed by atoms with Crippen LogP contribution in [0.1, 0.15) is 66.1 Å². The van der Waals surface area contributed by atoms with Gasteiger partial charge in [0, 0.05) is 54.9 Å². The number of carbonyl (C=O) groups excluding carboxylic acids is 2. The molecule has 4 N–H and O–H groups in total. The minimum atomic E-state index is -1.70. The van der Waals surface area contributed by atoms with E-state index in [0.717, 1.165) is 6.07 Å². The largest absolute Gasteiger partial charge is 0.507 e. The van der Waals surface area contributed by atoms with E-state index in [9.17, 15) is 28.6 Å². The molecule has 1 heterocycles. The number of rotatable bonds is 17. The van der Waals surface area contributed by atoms with E-state index in [1.165, 1.54) is 50.6 Å². The van der Waals surface area contributed by atoms with Gasteiger partial charge >= 0.3 is 5.97 Å². The number of aliphatic hydroxyl groups excluding tert-OH is 1. The highest BCUT2D eigenvalue weighted by molar-refractivity contribution is 6.31. The number of amides is 1. The van der Waals surface area contributed by atoms with Gasteiger partial charge in [0.2, 0.25) is 12.3 Å². The number of phenolic OH excluding ortho intramolecular Hbond substituents is 1. The van der Waals surface area contributed by atoms with Crippen molar-refractivity contribution < 1.29 is 46.8 Å². The number of aliphatic hydroxyl groups is 1. The fourth-order valence-electron chi connectivity index (χ4n) is 6.11. The molecule has 0 spiro atoms. The molecular formula is C38H44ClF4N3O6. The molecule has 0 saturated carbocycles. The molecule has 3 aromatic carbocycles. The summed E-state index contributed by atoms with van der Waals surface area (Å²) in [5, 5.41) is 26.4. The molecule has 0 radical (unpaired) electrons. The molecular weight excluding hydrogens is 706 g/mol. The highest BCUT2D eigenvalue weighted by Crippen LogP contribution is 2.38. The Hall–Kier alpha value is -4.17. The number of hydrogen-bond acceptors (Lipinski definition) is 8. The van der Waals surface area contributed by atoms with Gasteiger partial charge < -0.3 is 30.3 Å². The lowest BCUT2D eigenvalue weighted by molar-refractivity contribution is -0.143. The minimum absolute atomic E-state index is 0.0102. The monoisotopic (exact) mass is 749 g/mol. The van der Waals surface area contributed by atoms with Crippen molar-refractivity contribution in [1.82, 2.24) is 15.5 Å². The highest BCUT2D eigenvalue weighted by Gasteiger charge is 2.31. The van der Waals surface area contributed by atoms with E-state index >= 15 is 8.78 Å². The molecule has 1 fully saturated rings. The average Bonchev–Trinajstić information content (AvgIpc) is 3.07. The summed E-state index contributed by atoms with van der Waals surface area (Å²) < 4.78 is 69.3. The van der Waals surface area contributed by atoms with Crippen LogP contribution in [-0.2, 0) is 25.7 Å². The molecule has 3 aromatic rings. The van der Waals surface area contributed by atoms with Crippen molar-refractivity contribution in [2.45, 2.75) is 71.3 Å². The van der Waals surface area contributed by atoms with Crippen LogP contribution in [0.25, 0.3) is 11.1 Å². The number of halogens is 5. The number of methoxy groups -OCH3 is 1. The van der Waals surface area contributed by atoms with Crippen molar-refractivity contribution in [3.05, 3.63) is 98.7 Å². The number of phenols is 1. The SMILES string of the molecule is CCOC(=O)C[C@H](NC(=O)C(N/C=C(/CCN1CC(F)C1)CC(F)OC)c1cc(CO)ccc1F)c1cc(-c2c(C)cc(Cl)cc2O)cc(C)c1F. The third kappa shape index (κ3) is 10.5. The Morgan fingerprint density at radius 1 is 1.08 bits per heavy atom. The summed E-state index contributed by atoms with van der Waals surface area (Å²) in [5.74, 6) is -3.36. The van der Waals surface area contributed by atoms with E-state index in [-0.39, 0.29) is 65.6 Å². The van der Waals surface area contributed by atoms with Gasteiger partial charge in [-0.1, -0.05) is 17.7 Å². The fraction of sp³-hybridized carbons (Fsp3) is 0.421. The van der Waals surface area contributed by atoms with Crippen molar-refractivity contribution in [2.24, 2.45) is 0 Å². The van der Waals surface area contributed by atoms with Crippen LogP contribution in [0.2, 0.25) is 5.02 Å². The first-order valence-electron chi connectivity index (χ1n) is 16.9. The third-order valence-corrected chi connectivity index (χ3v) is 9.05. The van der Waals surface area contributed by atoms with E-state index in [2.05, 4.69) is 10.6 Å². The van der Waals surface area contributed by atoms with Crippen molar-refractivity contribution in [3.63, 3.8) is 0 Å². The highest BCUT2D eigenvalue weighted by atomic mass is 35.5. The van der Waals surface area contributed by atoms with Crippen molar-refractivity contribution in [1.29, 1.82) is 0 Å². The van der Waals surface area contributed by atoms with Crippen LogP contribution in [0.15, 0.2) is 54.2 Å². The normalized spacial score (nSPS) is 15.5. The zero-order chi connectivity index (χ0) is 38.1. The number of nitrogens with one attached hydrogen (secondary N) is 2. The van der Waals surface area contributed by atoms with Gasteiger partial charge in [0.15, 0.2) is 0 Å². The molecule has 9 nitrogen and oxygen atoms in total. The molecule has 1 saturated heterocycles. The number of nitrogens with zero attached hydrogens (tertiary/aromatic N) is 1. The predicted molar refractivity (Wildman–Crippen MR) is 189 cm³/mol. The molecule has 1 amide bonds. The number of aromatic hydroxyl groups is 1.